The van der Waals surface area contributed by atoms with Crippen LogP contribution < -0.4 is 0 Å². The second-order valence-electron chi connectivity index (χ2n) is 2.62. The molecule has 0 aromatic carbocycles. The van der Waals surface area contributed by atoms with Crippen LogP contribution in [0, 0.1) is 18.3 Å². The molecule has 0 amide bonds. The summed E-state index contributed by atoms with van der Waals surface area (Å²) in [6.07, 6.45) is 0.706. The Balaban J connectivity index is 3.38. The molecule has 0 aliphatic heterocycles. The minimum Gasteiger partial charge on any atom is -0.297 e. The van der Waals surface area contributed by atoms with Crippen LogP contribution in [0.1, 0.15) is 27.7 Å². The van der Waals surface area contributed by atoms with Gasteiger partial charge in [-0.05, 0) is 12.5 Å². The Morgan fingerprint density at radius 2 is 2.29 bits per heavy atom. The molecular formula is C9H9NO2S2. The Morgan fingerprint density at radius 1 is 1.64 bits per heavy atom. The molecule has 1 unspecified atom stereocenters. The molecule has 14 heavy (non-hydrogen) atoms. The van der Waals surface area contributed by atoms with E-state index in [1.54, 1.807) is 13.8 Å². The first kappa shape index (κ1) is 11.1. The molecule has 5 heteroatoms. The molecule has 0 N–H and O–H groups in total. The van der Waals surface area contributed by atoms with Crippen molar-refractivity contribution in [3.8, 4) is 6.07 Å². The maximum absolute atomic E-state index is 11.5. The third kappa shape index (κ3) is 1.76. The summed E-state index contributed by atoms with van der Waals surface area (Å²) in [6.45, 7) is 3.49. The lowest BCUT2D eigenvalue weighted by atomic mass is 10.2. The van der Waals surface area contributed by atoms with Crippen LogP contribution in [0.4, 0.5) is 0 Å². The summed E-state index contributed by atoms with van der Waals surface area (Å²) in [4.78, 5) is 11.1. The predicted molar refractivity (Wildman–Crippen MR) is 56.1 cm³/mol. The fraction of sp³-hybridized carbons (Fsp3) is 0.333. The molecule has 0 radical (unpaired) electrons. The first-order valence-corrected chi connectivity index (χ1v) is 6.16. The van der Waals surface area contributed by atoms with Gasteiger partial charge >= 0.3 is 0 Å². The third-order valence-electron chi connectivity index (χ3n) is 1.84. The van der Waals surface area contributed by atoms with Crippen molar-refractivity contribution in [2.24, 2.45) is 0 Å². The van der Waals surface area contributed by atoms with Crippen LogP contribution in [-0.2, 0) is 10.8 Å². The van der Waals surface area contributed by atoms with E-state index in [1.807, 2.05) is 6.07 Å². The van der Waals surface area contributed by atoms with Crippen molar-refractivity contribution >= 4 is 28.4 Å². The molecule has 0 aliphatic rings. The van der Waals surface area contributed by atoms with Gasteiger partial charge in [-0.3, -0.25) is 9.00 Å². The molecule has 0 fully saturated rings. The monoisotopic (exact) mass is 227 g/mol. The number of hydrogen-bond acceptors (Lipinski definition) is 4. The average molecular weight is 227 g/mol. The van der Waals surface area contributed by atoms with Gasteiger partial charge in [-0.1, -0.05) is 6.92 Å². The van der Waals surface area contributed by atoms with Crippen molar-refractivity contribution in [1.82, 2.24) is 0 Å². The lowest BCUT2D eigenvalue weighted by Crippen LogP contribution is -1.93. The second kappa shape index (κ2) is 4.49. The first-order chi connectivity index (χ1) is 6.65. The van der Waals surface area contributed by atoms with Gasteiger partial charge in [0.1, 0.15) is 10.3 Å². The zero-order chi connectivity index (χ0) is 10.7. The van der Waals surface area contributed by atoms with E-state index in [4.69, 9.17) is 5.26 Å². The third-order valence-corrected chi connectivity index (χ3v) is 4.80. The van der Waals surface area contributed by atoms with E-state index in [0.29, 0.717) is 32.3 Å². The Labute approximate surface area is 88.8 Å². The van der Waals surface area contributed by atoms with Crippen molar-refractivity contribution in [3.05, 3.63) is 16.0 Å². The Kier molecular flexibility index (Phi) is 3.55. The van der Waals surface area contributed by atoms with E-state index in [1.165, 1.54) is 0 Å². The molecule has 0 bridgehead atoms. The highest BCUT2D eigenvalue weighted by Gasteiger charge is 2.17. The number of aldehydes is 1. The maximum Gasteiger partial charge on any atom is 0.160 e. The van der Waals surface area contributed by atoms with E-state index in [9.17, 15) is 9.00 Å². The lowest BCUT2D eigenvalue weighted by Gasteiger charge is -1.93. The van der Waals surface area contributed by atoms with E-state index < -0.39 is 10.8 Å². The summed E-state index contributed by atoms with van der Waals surface area (Å²) >= 11 is 1.15. The SMILES string of the molecule is CCS(=O)c1sc(C=O)c(C)c1C#N. The van der Waals surface area contributed by atoms with Crippen LogP contribution in [0.3, 0.4) is 0 Å². The van der Waals surface area contributed by atoms with Gasteiger partial charge in [-0.15, -0.1) is 11.3 Å². The first-order valence-electron chi connectivity index (χ1n) is 4.02. The largest absolute Gasteiger partial charge is 0.297 e. The van der Waals surface area contributed by atoms with Crippen molar-refractivity contribution in [2.45, 2.75) is 18.1 Å². The highest BCUT2D eigenvalue weighted by Crippen LogP contribution is 2.29. The molecule has 1 rings (SSSR count). The Hall–Kier alpha value is -0.990. The standard InChI is InChI=1S/C9H9NO2S2/c1-3-14(12)9-7(4-10)6(2)8(5-11)13-9/h5H,3H2,1-2H3. The Morgan fingerprint density at radius 3 is 2.71 bits per heavy atom. The minimum absolute atomic E-state index is 0.400. The van der Waals surface area contributed by atoms with Crippen LogP contribution in [0.25, 0.3) is 0 Å². The summed E-state index contributed by atoms with van der Waals surface area (Å²) in [5, 5.41) is 8.86. The summed E-state index contributed by atoms with van der Waals surface area (Å²) in [7, 11) is -1.16. The number of thiophene rings is 1. The van der Waals surface area contributed by atoms with E-state index in [2.05, 4.69) is 0 Å². The summed E-state index contributed by atoms with van der Waals surface area (Å²) in [5.74, 6) is 0.465. The van der Waals surface area contributed by atoms with Gasteiger partial charge in [0, 0.05) is 5.75 Å². The molecule has 74 valence electrons. The number of hydrogen-bond donors (Lipinski definition) is 0. The van der Waals surface area contributed by atoms with Crippen LogP contribution in [0.5, 0.6) is 0 Å². The van der Waals surface area contributed by atoms with Crippen molar-refractivity contribution in [1.29, 1.82) is 5.26 Å². The highest BCUT2D eigenvalue weighted by atomic mass is 32.2. The molecule has 1 heterocycles. The molecule has 0 aliphatic carbocycles. The number of carbonyl (C=O) groups excluding carboxylic acids is 1. The van der Waals surface area contributed by atoms with Gasteiger partial charge < -0.3 is 0 Å². The van der Waals surface area contributed by atoms with Crippen molar-refractivity contribution in [2.75, 3.05) is 5.75 Å². The highest BCUT2D eigenvalue weighted by molar-refractivity contribution is 7.87. The molecule has 1 aromatic rings. The van der Waals surface area contributed by atoms with E-state index in [0.717, 1.165) is 11.3 Å². The minimum atomic E-state index is -1.16. The molecule has 1 atom stereocenters. The molecule has 3 nitrogen and oxygen atoms in total. The Bertz CT molecular complexity index is 429. The molecule has 1 aromatic heterocycles. The topological polar surface area (TPSA) is 57.9 Å². The van der Waals surface area contributed by atoms with Gasteiger partial charge in [0.05, 0.1) is 21.2 Å². The van der Waals surface area contributed by atoms with Gasteiger partial charge in [-0.25, -0.2) is 0 Å². The molecule has 0 spiro atoms. The van der Waals surface area contributed by atoms with Crippen LogP contribution in [0.2, 0.25) is 0 Å². The van der Waals surface area contributed by atoms with Gasteiger partial charge in [0.25, 0.3) is 0 Å². The van der Waals surface area contributed by atoms with Gasteiger partial charge in [-0.2, -0.15) is 5.26 Å². The predicted octanol–water partition coefficient (Wildman–Crippen LogP) is 1.87. The number of nitrogens with zero attached hydrogens (tertiary/aromatic N) is 1. The number of carbonyl (C=O) groups is 1. The zero-order valence-electron chi connectivity index (χ0n) is 7.86. The van der Waals surface area contributed by atoms with Crippen LogP contribution in [0.15, 0.2) is 4.21 Å². The molecule has 0 saturated carbocycles. The average Bonchev–Trinajstić information content (AvgIpc) is 2.53. The lowest BCUT2D eigenvalue weighted by molar-refractivity contribution is 0.112. The zero-order valence-corrected chi connectivity index (χ0v) is 9.50. The maximum atomic E-state index is 11.5. The molecule has 0 saturated heterocycles. The van der Waals surface area contributed by atoms with Crippen LogP contribution in [-0.4, -0.2) is 16.2 Å². The van der Waals surface area contributed by atoms with Gasteiger partial charge in [0.15, 0.2) is 6.29 Å². The number of nitriles is 1. The smallest absolute Gasteiger partial charge is 0.160 e. The van der Waals surface area contributed by atoms with Gasteiger partial charge in [0.2, 0.25) is 0 Å². The molecular weight excluding hydrogens is 218 g/mol. The van der Waals surface area contributed by atoms with E-state index in [-0.39, 0.29) is 0 Å². The van der Waals surface area contributed by atoms with E-state index >= 15 is 0 Å². The van der Waals surface area contributed by atoms with Crippen molar-refractivity contribution < 1.29 is 9.00 Å². The quantitative estimate of drug-likeness (QED) is 0.741. The fourth-order valence-electron chi connectivity index (χ4n) is 1.04. The number of rotatable bonds is 3. The fourth-order valence-corrected chi connectivity index (χ4v) is 3.52. The summed E-state index contributed by atoms with van der Waals surface area (Å²) in [6, 6.07) is 1.99. The van der Waals surface area contributed by atoms with Crippen LogP contribution >= 0.6 is 11.3 Å². The second-order valence-corrected chi connectivity index (χ2v) is 5.60. The van der Waals surface area contributed by atoms with Crippen molar-refractivity contribution in [3.63, 3.8) is 0 Å². The summed E-state index contributed by atoms with van der Waals surface area (Å²) in [5.41, 5.74) is 1.04. The summed E-state index contributed by atoms with van der Waals surface area (Å²) < 4.78 is 12.1. The normalized spacial score (nSPS) is 12.1.